The molecule has 1 aromatic heterocycles. The Labute approximate surface area is 110 Å². The van der Waals surface area contributed by atoms with Gasteiger partial charge in [-0.1, -0.05) is 18.2 Å². The normalized spacial score (nSPS) is 10.4. The molecule has 0 fully saturated rings. The molecular formula is C13H15N3O3. The lowest BCUT2D eigenvalue weighted by Crippen LogP contribution is -2.25. The molecule has 19 heavy (non-hydrogen) atoms. The molecule has 3 N–H and O–H groups in total. The average Bonchev–Trinajstić information content (AvgIpc) is 2.82. The maximum Gasteiger partial charge on any atom is 0.275 e. The zero-order valence-electron chi connectivity index (χ0n) is 10.3. The van der Waals surface area contributed by atoms with Gasteiger partial charge in [-0.3, -0.25) is 4.79 Å². The number of carbonyl (C=O) groups excluding carboxylic acids is 1. The lowest BCUT2D eigenvalue weighted by molar-refractivity contribution is 0.0943. The number of aliphatic hydroxyl groups is 1. The van der Waals surface area contributed by atoms with E-state index in [0.29, 0.717) is 13.0 Å². The van der Waals surface area contributed by atoms with Crippen molar-refractivity contribution in [3.05, 3.63) is 42.2 Å². The Hall–Kier alpha value is -2.34. The predicted molar refractivity (Wildman–Crippen MR) is 69.3 cm³/mol. The summed E-state index contributed by atoms with van der Waals surface area (Å²) in [6.45, 7) is 0.345. The van der Waals surface area contributed by atoms with Gasteiger partial charge >= 0.3 is 0 Å². The fraction of sp³-hybridized carbons (Fsp3) is 0.231. The van der Waals surface area contributed by atoms with Gasteiger partial charge in [0.2, 0.25) is 0 Å². The average molecular weight is 261 g/mol. The summed E-state index contributed by atoms with van der Waals surface area (Å²) < 4.78 is 1.44. The van der Waals surface area contributed by atoms with E-state index in [4.69, 9.17) is 5.11 Å². The van der Waals surface area contributed by atoms with Crippen LogP contribution in [0.5, 0.6) is 5.75 Å². The molecule has 0 bridgehead atoms. The molecule has 0 aliphatic rings. The first-order valence-corrected chi connectivity index (χ1v) is 5.95. The molecule has 6 heteroatoms. The SMILES string of the molecule is O=C(NCCCO)c1nn(-c2ccccc2)cc1O. The molecule has 1 heterocycles. The van der Waals surface area contributed by atoms with Crippen molar-refractivity contribution in [3.63, 3.8) is 0 Å². The Morgan fingerprint density at radius 2 is 2.05 bits per heavy atom. The van der Waals surface area contributed by atoms with Crippen LogP contribution in [0.4, 0.5) is 0 Å². The zero-order chi connectivity index (χ0) is 13.7. The summed E-state index contributed by atoms with van der Waals surface area (Å²) in [5.41, 5.74) is 0.731. The van der Waals surface area contributed by atoms with Crippen LogP contribution in [0.1, 0.15) is 16.9 Å². The summed E-state index contributed by atoms with van der Waals surface area (Å²) in [6.07, 6.45) is 1.85. The van der Waals surface area contributed by atoms with Crippen LogP contribution in [0.3, 0.4) is 0 Å². The Morgan fingerprint density at radius 3 is 2.74 bits per heavy atom. The van der Waals surface area contributed by atoms with Gasteiger partial charge in [-0.25, -0.2) is 4.68 Å². The van der Waals surface area contributed by atoms with Gasteiger partial charge in [0.25, 0.3) is 5.91 Å². The summed E-state index contributed by atoms with van der Waals surface area (Å²) >= 11 is 0. The summed E-state index contributed by atoms with van der Waals surface area (Å²) in [5.74, 6) is -0.633. The molecule has 1 aromatic carbocycles. The maximum atomic E-state index is 11.8. The minimum Gasteiger partial charge on any atom is -0.504 e. The third kappa shape index (κ3) is 3.11. The monoisotopic (exact) mass is 261 g/mol. The maximum absolute atomic E-state index is 11.8. The number of benzene rings is 1. The van der Waals surface area contributed by atoms with Gasteiger partial charge < -0.3 is 15.5 Å². The molecule has 6 nitrogen and oxygen atoms in total. The van der Waals surface area contributed by atoms with Gasteiger partial charge in [0.05, 0.1) is 11.9 Å². The Kier molecular flexibility index (Phi) is 4.15. The molecule has 0 saturated heterocycles. The number of rotatable bonds is 5. The smallest absolute Gasteiger partial charge is 0.275 e. The molecule has 1 amide bonds. The lowest BCUT2D eigenvalue weighted by atomic mass is 10.3. The van der Waals surface area contributed by atoms with Crippen molar-refractivity contribution < 1.29 is 15.0 Å². The zero-order valence-corrected chi connectivity index (χ0v) is 10.3. The first-order valence-electron chi connectivity index (χ1n) is 5.95. The minimum atomic E-state index is -0.458. The van der Waals surface area contributed by atoms with Gasteiger partial charge in [-0.05, 0) is 18.6 Å². The molecule has 2 rings (SSSR count). The van der Waals surface area contributed by atoms with Gasteiger partial charge in [0, 0.05) is 13.2 Å². The number of nitrogens with one attached hydrogen (secondary N) is 1. The molecule has 0 radical (unpaired) electrons. The fourth-order valence-corrected chi connectivity index (χ4v) is 1.60. The molecule has 0 saturated carbocycles. The summed E-state index contributed by atoms with van der Waals surface area (Å²) in [4.78, 5) is 11.8. The minimum absolute atomic E-state index is 0.00468. The van der Waals surface area contributed by atoms with Gasteiger partial charge in [-0.2, -0.15) is 5.10 Å². The Bertz CT molecular complexity index is 552. The van der Waals surface area contributed by atoms with E-state index in [1.54, 1.807) is 0 Å². The molecule has 0 aliphatic heterocycles. The topological polar surface area (TPSA) is 87.4 Å². The van der Waals surface area contributed by atoms with Crippen molar-refractivity contribution in [2.24, 2.45) is 0 Å². The molecule has 0 aliphatic carbocycles. The number of aromatic nitrogens is 2. The first kappa shape index (κ1) is 13.1. The van der Waals surface area contributed by atoms with Crippen LogP contribution in [0.25, 0.3) is 5.69 Å². The molecule has 0 atom stereocenters. The first-order chi connectivity index (χ1) is 9.22. The Balaban J connectivity index is 2.15. The highest BCUT2D eigenvalue weighted by Gasteiger charge is 2.16. The van der Waals surface area contributed by atoms with Crippen molar-refractivity contribution >= 4 is 5.91 Å². The second-order valence-electron chi connectivity index (χ2n) is 3.98. The van der Waals surface area contributed by atoms with Crippen molar-refractivity contribution in [2.75, 3.05) is 13.2 Å². The highest BCUT2D eigenvalue weighted by atomic mass is 16.3. The number of hydrogen-bond donors (Lipinski definition) is 3. The highest BCUT2D eigenvalue weighted by molar-refractivity contribution is 5.94. The van der Waals surface area contributed by atoms with E-state index < -0.39 is 5.91 Å². The van der Waals surface area contributed by atoms with Crippen LogP contribution in [0, 0.1) is 0 Å². The van der Waals surface area contributed by atoms with Crippen molar-refractivity contribution in [1.82, 2.24) is 15.1 Å². The van der Waals surface area contributed by atoms with Gasteiger partial charge in [0.1, 0.15) is 0 Å². The standard InChI is InChI=1S/C13H15N3O3/c17-8-4-7-14-13(19)12-11(18)9-16(15-12)10-5-2-1-3-6-10/h1-3,5-6,9,17-18H,4,7-8H2,(H,14,19). The largest absolute Gasteiger partial charge is 0.504 e. The van der Waals surface area contributed by atoms with Gasteiger partial charge in [-0.15, -0.1) is 0 Å². The molecule has 0 spiro atoms. The Morgan fingerprint density at radius 1 is 1.32 bits per heavy atom. The lowest BCUT2D eigenvalue weighted by Gasteiger charge is -2.01. The molecular weight excluding hydrogens is 246 g/mol. The van der Waals surface area contributed by atoms with E-state index in [9.17, 15) is 9.90 Å². The van der Waals surface area contributed by atoms with Crippen molar-refractivity contribution in [1.29, 1.82) is 0 Å². The van der Waals surface area contributed by atoms with E-state index in [0.717, 1.165) is 5.69 Å². The summed E-state index contributed by atoms with van der Waals surface area (Å²) in [5, 5.41) is 25.0. The van der Waals surface area contributed by atoms with E-state index in [-0.39, 0.29) is 18.1 Å². The van der Waals surface area contributed by atoms with Crippen LogP contribution in [0.2, 0.25) is 0 Å². The van der Waals surface area contributed by atoms with Crippen molar-refractivity contribution in [3.8, 4) is 11.4 Å². The molecule has 2 aromatic rings. The summed E-state index contributed by atoms with van der Waals surface area (Å²) in [7, 11) is 0. The van der Waals surface area contributed by atoms with E-state index in [1.807, 2.05) is 30.3 Å². The van der Waals surface area contributed by atoms with Crippen LogP contribution in [-0.4, -0.2) is 39.1 Å². The van der Waals surface area contributed by atoms with Crippen LogP contribution in [0.15, 0.2) is 36.5 Å². The third-order valence-corrected chi connectivity index (χ3v) is 2.55. The van der Waals surface area contributed by atoms with Crippen molar-refractivity contribution in [2.45, 2.75) is 6.42 Å². The predicted octanol–water partition coefficient (Wildman–Crippen LogP) is 0.690. The summed E-state index contributed by atoms with van der Waals surface area (Å²) in [6, 6.07) is 9.19. The number of carbonyl (C=O) groups is 1. The quantitative estimate of drug-likeness (QED) is 0.691. The number of aliphatic hydroxyl groups excluding tert-OH is 1. The molecule has 100 valence electrons. The number of hydrogen-bond acceptors (Lipinski definition) is 4. The second kappa shape index (κ2) is 6.01. The number of amides is 1. The fourth-order valence-electron chi connectivity index (χ4n) is 1.60. The van der Waals surface area contributed by atoms with Gasteiger partial charge in [0.15, 0.2) is 11.4 Å². The number of aromatic hydroxyl groups is 1. The number of nitrogens with zero attached hydrogens (tertiary/aromatic N) is 2. The number of para-hydroxylation sites is 1. The highest BCUT2D eigenvalue weighted by Crippen LogP contribution is 2.17. The van der Waals surface area contributed by atoms with Crippen LogP contribution >= 0.6 is 0 Å². The van der Waals surface area contributed by atoms with E-state index in [1.165, 1.54) is 10.9 Å². The molecule has 0 unspecified atom stereocenters. The second-order valence-corrected chi connectivity index (χ2v) is 3.98. The third-order valence-electron chi connectivity index (χ3n) is 2.55. The van der Waals surface area contributed by atoms with E-state index in [2.05, 4.69) is 10.4 Å². The van der Waals surface area contributed by atoms with Crippen LogP contribution in [-0.2, 0) is 0 Å². The van der Waals surface area contributed by atoms with E-state index >= 15 is 0 Å². The van der Waals surface area contributed by atoms with Crippen LogP contribution < -0.4 is 5.32 Å².